The second-order valence-electron chi connectivity index (χ2n) is 3.72. The third-order valence-corrected chi connectivity index (χ3v) is 2.45. The normalized spacial score (nSPS) is 23.4. The lowest BCUT2D eigenvalue weighted by Crippen LogP contribution is -2.32. The predicted molar refractivity (Wildman–Crippen MR) is 53.0 cm³/mol. The summed E-state index contributed by atoms with van der Waals surface area (Å²) >= 11 is 0. The van der Waals surface area contributed by atoms with Gasteiger partial charge >= 0.3 is 5.97 Å². The molecule has 0 unspecified atom stereocenters. The molecule has 0 aliphatic carbocycles. The maximum absolute atomic E-state index is 11.0. The highest BCUT2D eigenvalue weighted by Gasteiger charge is 2.17. The lowest BCUT2D eigenvalue weighted by Gasteiger charge is -2.13. The Labute approximate surface area is 85.0 Å². The number of esters is 1. The minimum Gasteiger partial charge on any atom is -0.469 e. The second-order valence-corrected chi connectivity index (χ2v) is 3.72. The van der Waals surface area contributed by atoms with Crippen LogP contribution in [0.1, 0.15) is 19.8 Å². The molecule has 0 spiro atoms. The van der Waals surface area contributed by atoms with Gasteiger partial charge in [-0.05, 0) is 12.8 Å². The van der Waals surface area contributed by atoms with Gasteiger partial charge in [-0.2, -0.15) is 0 Å². The Balaban J connectivity index is 2.05. The van der Waals surface area contributed by atoms with Crippen LogP contribution in [0.25, 0.3) is 0 Å². The fourth-order valence-electron chi connectivity index (χ4n) is 1.55. The molecule has 1 rings (SSSR count). The van der Waals surface area contributed by atoms with Crippen molar-refractivity contribution in [1.29, 1.82) is 0 Å². The molecule has 0 aromatic carbocycles. The van der Waals surface area contributed by atoms with Crippen molar-refractivity contribution in [3.05, 3.63) is 0 Å². The van der Waals surface area contributed by atoms with Crippen LogP contribution in [-0.2, 0) is 14.3 Å². The summed E-state index contributed by atoms with van der Waals surface area (Å²) in [5.74, 6) is -0.244. The van der Waals surface area contributed by atoms with Crippen molar-refractivity contribution in [2.24, 2.45) is 5.92 Å². The molecular weight excluding hydrogens is 182 g/mol. The van der Waals surface area contributed by atoms with Crippen molar-refractivity contribution in [2.45, 2.75) is 25.9 Å². The van der Waals surface area contributed by atoms with Crippen LogP contribution in [-0.4, -0.2) is 38.9 Å². The van der Waals surface area contributed by atoms with E-state index in [1.54, 1.807) is 0 Å². The highest BCUT2D eigenvalue weighted by Crippen LogP contribution is 2.10. The molecule has 1 aliphatic rings. The lowest BCUT2D eigenvalue weighted by molar-refractivity contribution is -0.144. The van der Waals surface area contributed by atoms with Crippen molar-refractivity contribution < 1.29 is 14.3 Å². The molecular formula is C10H19NO3. The number of hydrogen-bond donors (Lipinski definition) is 1. The SMILES string of the molecule is COC(=O)[C@H](C)CNC[C@H]1CCCO1. The molecule has 0 aromatic rings. The topological polar surface area (TPSA) is 47.6 Å². The highest BCUT2D eigenvalue weighted by molar-refractivity contribution is 5.71. The van der Waals surface area contributed by atoms with Crippen molar-refractivity contribution >= 4 is 5.97 Å². The summed E-state index contributed by atoms with van der Waals surface area (Å²) in [5.41, 5.74) is 0. The first-order valence-electron chi connectivity index (χ1n) is 5.14. The van der Waals surface area contributed by atoms with E-state index in [0.717, 1.165) is 26.0 Å². The van der Waals surface area contributed by atoms with Gasteiger partial charge in [0.15, 0.2) is 0 Å². The third-order valence-electron chi connectivity index (χ3n) is 2.45. The Morgan fingerprint density at radius 1 is 1.71 bits per heavy atom. The van der Waals surface area contributed by atoms with E-state index < -0.39 is 0 Å². The summed E-state index contributed by atoms with van der Waals surface area (Å²) in [5, 5.41) is 3.22. The largest absolute Gasteiger partial charge is 0.469 e. The summed E-state index contributed by atoms with van der Waals surface area (Å²) in [4.78, 5) is 11.0. The molecule has 4 nitrogen and oxygen atoms in total. The van der Waals surface area contributed by atoms with Gasteiger partial charge in [0.1, 0.15) is 0 Å². The van der Waals surface area contributed by atoms with E-state index in [1.807, 2.05) is 6.92 Å². The van der Waals surface area contributed by atoms with Crippen molar-refractivity contribution in [1.82, 2.24) is 5.32 Å². The van der Waals surface area contributed by atoms with Gasteiger partial charge in [-0.15, -0.1) is 0 Å². The molecule has 14 heavy (non-hydrogen) atoms. The van der Waals surface area contributed by atoms with Gasteiger partial charge in [-0.25, -0.2) is 0 Å². The maximum atomic E-state index is 11.0. The zero-order valence-corrected chi connectivity index (χ0v) is 8.91. The third kappa shape index (κ3) is 3.64. The summed E-state index contributed by atoms with van der Waals surface area (Å²) in [6.45, 7) is 4.22. The Morgan fingerprint density at radius 3 is 3.07 bits per heavy atom. The van der Waals surface area contributed by atoms with Crippen LogP contribution in [0.3, 0.4) is 0 Å². The van der Waals surface area contributed by atoms with Crippen LogP contribution in [0, 0.1) is 5.92 Å². The fraction of sp³-hybridized carbons (Fsp3) is 0.900. The first kappa shape index (κ1) is 11.5. The number of hydrogen-bond acceptors (Lipinski definition) is 4. The summed E-state index contributed by atoms with van der Waals surface area (Å²) < 4.78 is 10.1. The number of carbonyl (C=O) groups is 1. The van der Waals surface area contributed by atoms with Crippen LogP contribution >= 0.6 is 0 Å². The van der Waals surface area contributed by atoms with E-state index >= 15 is 0 Å². The van der Waals surface area contributed by atoms with Crippen LogP contribution in [0.15, 0.2) is 0 Å². The number of carbonyl (C=O) groups excluding carboxylic acids is 1. The van der Waals surface area contributed by atoms with Crippen molar-refractivity contribution in [2.75, 3.05) is 26.8 Å². The van der Waals surface area contributed by atoms with Crippen LogP contribution in [0.4, 0.5) is 0 Å². The number of methoxy groups -OCH3 is 1. The van der Waals surface area contributed by atoms with Gasteiger partial charge < -0.3 is 14.8 Å². The Kier molecular flexibility index (Phi) is 4.90. The van der Waals surface area contributed by atoms with Gasteiger partial charge in [-0.1, -0.05) is 6.92 Å². The summed E-state index contributed by atoms with van der Waals surface area (Å²) in [7, 11) is 1.42. The van der Waals surface area contributed by atoms with E-state index in [9.17, 15) is 4.79 Å². The molecule has 0 bridgehead atoms. The smallest absolute Gasteiger partial charge is 0.309 e. The average Bonchev–Trinajstić information content (AvgIpc) is 2.69. The van der Waals surface area contributed by atoms with Gasteiger partial charge in [0.25, 0.3) is 0 Å². The molecule has 1 aliphatic heterocycles. The molecule has 4 heteroatoms. The zero-order valence-electron chi connectivity index (χ0n) is 8.91. The molecule has 82 valence electrons. The van der Waals surface area contributed by atoms with Gasteiger partial charge in [0.2, 0.25) is 0 Å². The summed E-state index contributed by atoms with van der Waals surface area (Å²) in [6.07, 6.45) is 2.61. The minimum absolute atomic E-state index is 0.0820. The molecule has 1 heterocycles. The zero-order chi connectivity index (χ0) is 10.4. The van der Waals surface area contributed by atoms with E-state index in [-0.39, 0.29) is 11.9 Å². The monoisotopic (exact) mass is 201 g/mol. The number of rotatable bonds is 5. The predicted octanol–water partition coefficient (Wildman–Crippen LogP) is 0.564. The number of ether oxygens (including phenoxy) is 2. The van der Waals surface area contributed by atoms with E-state index in [2.05, 4.69) is 10.1 Å². The average molecular weight is 201 g/mol. The van der Waals surface area contributed by atoms with E-state index in [4.69, 9.17) is 4.74 Å². The molecule has 0 aromatic heterocycles. The van der Waals surface area contributed by atoms with Crippen molar-refractivity contribution in [3.63, 3.8) is 0 Å². The van der Waals surface area contributed by atoms with Crippen LogP contribution < -0.4 is 5.32 Å². The Morgan fingerprint density at radius 2 is 2.50 bits per heavy atom. The van der Waals surface area contributed by atoms with Crippen LogP contribution in [0.5, 0.6) is 0 Å². The van der Waals surface area contributed by atoms with Crippen molar-refractivity contribution in [3.8, 4) is 0 Å². The van der Waals surface area contributed by atoms with E-state index in [1.165, 1.54) is 7.11 Å². The molecule has 0 radical (unpaired) electrons. The molecule has 0 saturated carbocycles. The first-order valence-corrected chi connectivity index (χ1v) is 5.14. The number of nitrogens with one attached hydrogen (secondary N) is 1. The van der Waals surface area contributed by atoms with Gasteiger partial charge in [0.05, 0.1) is 19.1 Å². The molecule has 0 amide bonds. The molecule has 1 fully saturated rings. The highest BCUT2D eigenvalue weighted by atomic mass is 16.5. The summed E-state index contributed by atoms with van der Waals surface area (Å²) in [6, 6.07) is 0. The first-order chi connectivity index (χ1) is 6.74. The van der Waals surface area contributed by atoms with Gasteiger partial charge in [0, 0.05) is 19.7 Å². The van der Waals surface area contributed by atoms with Crippen LogP contribution in [0.2, 0.25) is 0 Å². The molecule has 1 N–H and O–H groups in total. The quantitative estimate of drug-likeness (QED) is 0.660. The minimum atomic E-state index is -0.162. The van der Waals surface area contributed by atoms with Gasteiger partial charge in [-0.3, -0.25) is 4.79 Å². The molecule has 1 saturated heterocycles. The molecule has 2 atom stereocenters. The Bertz CT molecular complexity index is 178. The second kappa shape index (κ2) is 5.98. The Hall–Kier alpha value is -0.610. The maximum Gasteiger partial charge on any atom is 0.309 e. The van der Waals surface area contributed by atoms with E-state index in [0.29, 0.717) is 12.6 Å². The standard InChI is InChI=1S/C10H19NO3/c1-8(10(12)13-2)6-11-7-9-4-3-5-14-9/h8-9,11H,3-7H2,1-2H3/t8-,9-/m1/s1. The lowest BCUT2D eigenvalue weighted by atomic mass is 10.2. The fourth-order valence-corrected chi connectivity index (χ4v) is 1.55.